The van der Waals surface area contributed by atoms with Crippen molar-refractivity contribution in [3.63, 3.8) is 0 Å². The molecule has 1 aromatic carbocycles. The largest absolute Gasteiger partial charge is 0.309 e. The van der Waals surface area contributed by atoms with E-state index in [9.17, 15) is 0 Å². The van der Waals surface area contributed by atoms with Crippen molar-refractivity contribution in [2.45, 2.75) is 26.8 Å². The Morgan fingerprint density at radius 3 is 2.57 bits per heavy atom. The van der Waals surface area contributed by atoms with E-state index >= 15 is 0 Å². The van der Waals surface area contributed by atoms with Gasteiger partial charge in [0.05, 0.1) is 0 Å². The van der Waals surface area contributed by atoms with Gasteiger partial charge in [-0.25, -0.2) is 0 Å². The van der Waals surface area contributed by atoms with Crippen LogP contribution in [0.3, 0.4) is 0 Å². The van der Waals surface area contributed by atoms with E-state index in [1.54, 1.807) is 0 Å². The second-order valence-corrected chi connectivity index (χ2v) is 3.32. The summed E-state index contributed by atoms with van der Waals surface area (Å²) in [5.74, 6) is 0. The van der Waals surface area contributed by atoms with Crippen molar-refractivity contribution in [3.8, 4) is 0 Å². The molecule has 14 heavy (non-hydrogen) atoms. The number of aryl methyl sites for hydroxylation is 1. The zero-order chi connectivity index (χ0) is 10.2. The maximum absolute atomic E-state index is 3.39. The maximum atomic E-state index is 3.39. The van der Waals surface area contributed by atoms with Crippen molar-refractivity contribution in [1.29, 1.82) is 0 Å². The molecule has 0 aromatic heterocycles. The van der Waals surface area contributed by atoms with Gasteiger partial charge in [0.15, 0.2) is 0 Å². The average molecular weight is 189 g/mol. The fraction of sp³-hybridized carbons (Fsp3) is 0.385. The van der Waals surface area contributed by atoms with E-state index in [-0.39, 0.29) is 0 Å². The molecule has 1 N–H and O–H groups in total. The summed E-state index contributed by atoms with van der Waals surface area (Å²) >= 11 is 0. The van der Waals surface area contributed by atoms with E-state index < -0.39 is 0 Å². The van der Waals surface area contributed by atoms with Crippen LogP contribution in [0, 0.1) is 0 Å². The van der Waals surface area contributed by atoms with Gasteiger partial charge in [-0.15, -0.1) is 0 Å². The highest BCUT2D eigenvalue weighted by atomic mass is 14.8. The molecule has 0 atom stereocenters. The average Bonchev–Trinajstić information content (AvgIpc) is 2.25. The summed E-state index contributed by atoms with van der Waals surface area (Å²) in [4.78, 5) is 0. The Hall–Kier alpha value is -1.08. The molecule has 0 bridgehead atoms. The smallest absolute Gasteiger partial charge is 0.0211 e. The summed E-state index contributed by atoms with van der Waals surface area (Å²) in [5, 5.41) is 3.39. The molecule has 0 spiro atoms. The summed E-state index contributed by atoms with van der Waals surface area (Å²) in [6.07, 6.45) is 5.31. The first-order valence-electron chi connectivity index (χ1n) is 5.27. The van der Waals surface area contributed by atoms with Crippen LogP contribution in [0.15, 0.2) is 36.4 Å². The van der Waals surface area contributed by atoms with Gasteiger partial charge in [0.1, 0.15) is 0 Å². The first-order valence-corrected chi connectivity index (χ1v) is 5.27. The van der Waals surface area contributed by atoms with Crippen molar-refractivity contribution in [2.75, 3.05) is 6.54 Å². The number of allylic oxidation sites excluding steroid dienone is 1. The van der Waals surface area contributed by atoms with Gasteiger partial charge in [-0.2, -0.15) is 0 Å². The Bertz CT molecular complexity index is 289. The lowest BCUT2D eigenvalue weighted by Crippen LogP contribution is -2.13. The van der Waals surface area contributed by atoms with Crippen molar-refractivity contribution >= 4 is 0 Å². The number of rotatable bonds is 5. The Balaban J connectivity index is 2.49. The van der Waals surface area contributed by atoms with Crippen LogP contribution < -0.4 is 5.32 Å². The van der Waals surface area contributed by atoms with Gasteiger partial charge in [-0.3, -0.25) is 0 Å². The Kier molecular flexibility index (Phi) is 5.02. The van der Waals surface area contributed by atoms with Crippen LogP contribution >= 0.6 is 0 Å². The number of nitrogens with one attached hydrogen (secondary N) is 1. The van der Waals surface area contributed by atoms with E-state index in [2.05, 4.69) is 48.7 Å². The molecule has 1 aromatic rings. The van der Waals surface area contributed by atoms with Crippen molar-refractivity contribution < 1.29 is 0 Å². The molecule has 0 saturated heterocycles. The minimum Gasteiger partial charge on any atom is -0.309 e. The summed E-state index contributed by atoms with van der Waals surface area (Å²) in [7, 11) is 0. The summed E-state index contributed by atoms with van der Waals surface area (Å²) in [6, 6.07) is 8.61. The monoisotopic (exact) mass is 189 g/mol. The molecule has 0 aliphatic rings. The highest BCUT2D eigenvalue weighted by Gasteiger charge is 1.97. The van der Waals surface area contributed by atoms with Crippen LogP contribution in [0.1, 0.15) is 25.0 Å². The number of hydrogen-bond donors (Lipinski definition) is 1. The third-order valence-electron chi connectivity index (χ3n) is 2.31. The Labute approximate surface area is 86.8 Å². The first-order chi connectivity index (χ1) is 6.88. The molecule has 0 unspecified atom stereocenters. The van der Waals surface area contributed by atoms with Gasteiger partial charge in [0, 0.05) is 13.1 Å². The highest BCUT2D eigenvalue weighted by Crippen LogP contribution is 2.08. The van der Waals surface area contributed by atoms with Crippen LogP contribution in [-0.4, -0.2) is 6.54 Å². The molecule has 1 rings (SSSR count). The predicted octanol–water partition coefficient (Wildman–Crippen LogP) is 2.91. The number of benzene rings is 1. The van der Waals surface area contributed by atoms with Crippen molar-refractivity contribution in [1.82, 2.24) is 5.32 Å². The van der Waals surface area contributed by atoms with Gasteiger partial charge in [0.2, 0.25) is 0 Å². The van der Waals surface area contributed by atoms with Crippen molar-refractivity contribution in [2.24, 2.45) is 0 Å². The molecule has 0 radical (unpaired) electrons. The van der Waals surface area contributed by atoms with Crippen LogP contribution in [0.25, 0.3) is 0 Å². The standard InChI is InChI=1S/C13H19N/c1-3-5-10-14-11-13-9-7-6-8-12(13)4-2/h3,5-9,14H,4,10-11H2,1-2H3/b5-3+. The SMILES string of the molecule is C/C=C/CNCc1ccccc1CC. The molecule has 0 amide bonds. The summed E-state index contributed by atoms with van der Waals surface area (Å²) in [6.45, 7) is 6.16. The lowest BCUT2D eigenvalue weighted by Gasteiger charge is -2.07. The van der Waals surface area contributed by atoms with E-state index in [1.165, 1.54) is 11.1 Å². The molecule has 0 aliphatic carbocycles. The third kappa shape index (κ3) is 3.35. The Morgan fingerprint density at radius 2 is 1.93 bits per heavy atom. The predicted molar refractivity (Wildman–Crippen MR) is 62.3 cm³/mol. The van der Waals surface area contributed by atoms with Crippen LogP contribution in [-0.2, 0) is 13.0 Å². The van der Waals surface area contributed by atoms with Crippen LogP contribution in [0.5, 0.6) is 0 Å². The molecular weight excluding hydrogens is 170 g/mol. The molecular formula is C13H19N. The van der Waals surface area contributed by atoms with E-state index in [0.717, 1.165) is 19.5 Å². The van der Waals surface area contributed by atoms with Crippen LogP contribution in [0.4, 0.5) is 0 Å². The second-order valence-electron chi connectivity index (χ2n) is 3.32. The third-order valence-corrected chi connectivity index (χ3v) is 2.31. The fourth-order valence-electron chi connectivity index (χ4n) is 1.48. The molecule has 0 aliphatic heterocycles. The Morgan fingerprint density at radius 1 is 1.21 bits per heavy atom. The summed E-state index contributed by atoms with van der Waals surface area (Å²) in [5.41, 5.74) is 2.86. The lowest BCUT2D eigenvalue weighted by atomic mass is 10.1. The lowest BCUT2D eigenvalue weighted by molar-refractivity contribution is 0.751. The molecule has 0 heterocycles. The molecule has 0 saturated carbocycles. The van der Waals surface area contributed by atoms with Crippen molar-refractivity contribution in [3.05, 3.63) is 47.5 Å². The van der Waals surface area contributed by atoms with E-state index in [0.29, 0.717) is 0 Å². The van der Waals surface area contributed by atoms with Crippen LogP contribution in [0.2, 0.25) is 0 Å². The number of hydrogen-bond acceptors (Lipinski definition) is 1. The zero-order valence-electron chi connectivity index (χ0n) is 9.09. The quantitative estimate of drug-likeness (QED) is 0.554. The van der Waals surface area contributed by atoms with Gasteiger partial charge in [-0.1, -0.05) is 43.3 Å². The van der Waals surface area contributed by atoms with Gasteiger partial charge < -0.3 is 5.32 Å². The normalized spacial score (nSPS) is 11.0. The van der Waals surface area contributed by atoms with E-state index in [4.69, 9.17) is 0 Å². The molecule has 0 fully saturated rings. The highest BCUT2D eigenvalue weighted by molar-refractivity contribution is 5.26. The minimum absolute atomic E-state index is 0.953. The first kappa shape index (κ1) is 11.0. The van der Waals surface area contributed by atoms with Gasteiger partial charge in [0.25, 0.3) is 0 Å². The minimum atomic E-state index is 0.953. The van der Waals surface area contributed by atoms with Gasteiger partial charge >= 0.3 is 0 Å². The topological polar surface area (TPSA) is 12.0 Å². The second kappa shape index (κ2) is 6.39. The maximum Gasteiger partial charge on any atom is 0.0211 e. The zero-order valence-corrected chi connectivity index (χ0v) is 9.09. The molecule has 76 valence electrons. The molecule has 1 heteroatoms. The van der Waals surface area contributed by atoms with E-state index in [1.807, 2.05) is 6.92 Å². The summed E-state index contributed by atoms with van der Waals surface area (Å²) < 4.78 is 0. The van der Waals surface area contributed by atoms with Gasteiger partial charge in [-0.05, 0) is 24.5 Å². The fourth-order valence-corrected chi connectivity index (χ4v) is 1.48. The molecule has 1 nitrogen and oxygen atoms in total.